The molecule has 0 radical (unpaired) electrons. The van der Waals surface area contributed by atoms with E-state index in [0.717, 1.165) is 42.6 Å². The maximum atomic E-state index is 13.2. The molecule has 34 heavy (non-hydrogen) atoms. The van der Waals surface area contributed by atoms with Gasteiger partial charge < -0.3 is 18.3 Å². The van der Waals surface area contributed by atoms with Crippen molar-refractivity contribution in [2.45, 2.75) is 32.2 Å². The van der Waals surface area contributed by atoms with Gasteiger partial charge in [0.2, 0.25) is 11.4 Å². The van der Waals surface area contributed by atoms with Gasteiger partial charge in [-0.2, -0.15) is 0 Å². The molecule has 1 aromatic carbocycles. The van der Waals surface area contributed by atoms with Crippen LogP contribution in [0.2, 0.25) is 0 Å². The second kappa shape index (κ2) is 7.80. The Kier molecular flexibility index (Phi) is 4.73. The third kappa shape index (κ3) is 3.27. The van der Waals surface area contributed by atoms with Gasteiger partial charge in [0, 0.05) is 30.0 Å². The quantitative estimate of drug-likeness (QED) is 0.367. The van der Waals surface area contributed by atoms with Crippen molar-refractivity contribution in [2.24, 2.45) is 0 Å². The zero-order valence-electron chi connectivity index (χ0n) is 18.4. The Morgan fingerprint density at radius 1 is 1.03 bits per heavy atom. The summed E-state index contributed by atoms with van der Waals surface area (Å²) in [6.45, 7) is 4.17. The van der Waals surface area contributed by atoms with E-state index >= 15 is 0 Å². The number of piperidine rings is 1. The first kappa shape index (κ1) is 20.6. The highest BCUT2D eigenvalue weighted by atomic mass is 16.5. The summed E-state index contributed by atoms with van der Waals surface area (Å²) < 4.78 is 18.3. The molecule has 1 aliphatic rings. The topological polar surface area (TPSA) is 129 Å². The highest BCUT2D eigenvalue weighted by Crippen LogP contribution is 2.32. The summed E-state index contributed by atoms with van der Waals surface area (Å²) in [4.78, 5) is 39.5. The SMILES string of the molecule is Cc1c2nn3cc(oc(=O)c(=O)o2)n(CCN2CCC(c4noc5ccccc45)CC2)c(=O)c13. The average molecular weight is 463 g/mol. The summed E-state index contributed by atoms with van der Waals surface area (Å²) in [7, 11) is 0. The van der Waals surface area contributed by atoms with Gasteiger partial charge in [0.25, 0.3) is 5.56 Å². The first-order valence-electron chi connectivity index (χ1n) is 11.1. The van der Waals surface area contributed by atoms with Gasteiger partial charge in [-0.15, -0.1) is 5.10 Å². The molecule has 0 atom stereocenters. The van der Waals surface area contributed by atoms with E-state index in [2.05, 4.69) is 15.2 Å². The number of rotatable bonds is 4. The Labute approximate surface area is 190 Å². The van der Waals surface area contributed by atoms with E-state index < -0.39 is 11.3 Å². The van der Waals surface area contributed by atoms with Crippen LogP contribution in [0.5, 0.6) is 0 Å². The predicted octanol–water partition coefficient (Wildman–Crippen LogP) is 1.88. The molecule has 0 N–H and O–H groups in total. The molecule has 11 heteroatoms. The molecular weight excluding hydrogens is 442 g/mol. The standard InChI is InChI=1S/C23H21N5O6/c1-13-19-21(29)27(17-12-28(19)24-20(13)33-23(31)22(30)32-17)11-10-26-8-6-14(7-9-26)18-15-4-2-3-5-16(15)34-25-18/h2-5,12,14H,6-11H2,1H3. The van der Waals surface area contributed by atoms with Gasteiger partial charge in [0.05, 0.1) is 11.9 Å². The van der Waals surface area contributed by atoms with Crippen molar-refractivity contribution in [1.82, 2.24) is 24.2 Å². The van der Waals surface area contributed by atoms with Crippen LogP contribution in [0.15, 0.2) is 58.2 Å². The van der Waals surface area contributed by atoms with Crippen molar-refractivity contribution in [2.75, 3.05) is 19.6 Å². The molecule has 174 valence electrons. The first-order chi connectivity index (χ1) is 16.5. The lowest BCUT2D eigenvalue weighted by Gasteiger charge is -2.31. The van der Waals surface area contributed by atoms with Crippen molar-refractivity contribution in [3.05, 3.63) is 72.9 Å². The van der Waals surface area contributed by atoms with E-state index in [9.17, 15) is 14.4 Å². The minimum Gasteiger partial charge on any atom is -0.399 e. The van der Waals surface area contributed by atoms with Crippen LogP contribution < -0.4 is 16.8 Å². The fraction of sp³-hybridized carbons (Fsp3) is 0.348. The van der Waals surface area contributed by atoms with Crippen LogP contribution in [0.25, 0.3) is 27.9 Å². The second-order valence-electron chi connectivity index (χ2n) is 8.61. The van der Waals surface area contributed by atoms with E-state index in [4.69, 9.17) is 13.4 Å². The number of fused-ring (bicyclic) bond motifs is 3. The lowest BCUT2D eigenvalue weighted by Crippen LogP contribution is -2.37. The van der Waals surface area contributed by atoms with Crippen LogP contribution in [0.4, 0.5) is 0 Å². The first-order valence-corrected chi connectivity index (χ1v) is 11.1. The van der Waals surface area contributed by atoms with Crippen LogP contribution in [0, 0.1) is 6.92 Å². The average Bonchev–Trinajstić information content (AvgIpc) is 3.41. The Morgan fingerprint density at radius 3 is 2.62 bits per heavy atom. The van der Waals surface area contributed by atoms with Gasteiger partial charge >= 0.3 is 11.3 Å². The lowest BCUT2D eigenvalue weighted by molar-refractivity contribution is 0.201. The van der Waals surface area contributed by atoms with Gasteiger partial charge in [0.15, 0.2) is 5.58 Å². The summed E-state index contributed by atoms with van der Waals surface area (Å²) >= 11 is 0. The molecule has 0 amide bonds. The minimum atomic E-state index is -1.20. The molecule has 1 saturated heterocycles. The maximum absolute atomic E-state index is 13.2. The number of hydrogen-bond donors (Lipinski definition) is 0. The largest absolute Gasteiger partial charge is 0.424 e. The van der Waals surface area contributed by atoms with Crippen molar-refractivity contribution >= 4 is 27.9 Å². The molecule has 4 aromatic heterocycles. The van der Waals surface area contributed by atoms with Crippen molar-refractivity contribution in [1.29, 1.82) is 0 Å². The Hall–Kier alpha value is -3.99. The van der Waals surface area contributed by atoms with Gasteiger partial charge in [-0.3, -0.25) is 9.36 Å². The molecule has 5 aromatic rings. The molecule has 1 aliphatic heterocycles. The molecule has 5 heterocycles. The predicted molar refractivity (Wildman–Crippen MR) is 121 cm³/mol. The van der Waals surface area contributed by atoms with E-state index in [1.165, 1.54) is 15.3 Å². The fourth-order valence-corrected chi connectivity index (χ4v) is 4.78. The lowest BCUT2D eigenvalue weighted by atomic mass is 9.91. The Balaban J connectivity index is 1.25. The van der Waals surface area contributed by atoms with Gasteiger partial charge in [-0.05, 0) is 45.0 Å². The molecule has 6 rings (SSSR count). The number of aromatic nitrogens is 4. The zero-order valence-corrected chi connectivity index (χ0v) is 18.4. The summed E-state index contributed by atoms with van der Waals surface area (Å²) in [6, 6.07) is 7.88. The second-order valence-corrected chi connectivity index (χ2v) is 8.61. The monoisotopic (exact) mass is 463 g/mol. The van der Waals surface area contributed by atoms with Gasteiger partial charge in [-0.25, -0.2) is 14.1 Å². The number of likely N-dealkylation sites (tertiary alicyclic amines) is 1. The molecule has 11 nitrogen and oxygen atoms in total. The number of nitrogens with zero attached hydrogens (tertiary/aromatic N) is 5. The van der Waals surface area contributed by atoms with Crippen LogP contribution in [-0.4, -0.2) is 43.9 Å². The van der Waals surface area contributed by atoms with Crippen molar-refractivity contribution in [3.8, 4) is 0 Å². The highest BCUT2D eigenvalue weighted by molar-refractivity contribution is 5.79. The number of aryl methyl sites for hydroxylation is 1. The van der Waals surface area contributed by atoms with Crippen LogP contribution in [0.3, 0.4) is 0 Å². The highest BCUT2D eigenvalue weighted by Gasteiger charge is 2.25. The number of para-hydroxylation sites is 1. The molecule has 0 saturated carbocycles. The van der Waals surface area contributed by atoms with E-state index in [1.807, 2.05) is 24.3 Å². The summed E-state index contributed by atoms with van der Waals surface area (Å²) in [6.07, 6.45) is 3.27. The summed E-state index contributed by atoms with van der Waals surface area (Å²) in [5.41, 5.74) is -0.377. The minimum absolute atomic E-state index is 0.0423. The fourth-order valence-electron chi connectivity index (χ4n) is 4.78. The van der Waals surface area contributed by atoms with Gasteiger partial charge in [-0.1, -0.05) is 17.3 Å². The third-order valence-corrected chi connectivity index (χ3v) is 6.62. The Morgan fingerprint density at radius 2 is 1.79 bits per heavy atom. The Bertz CT molecular complexity index is 1710. The van der Waals surface area contributed by atoms with Crippen LogP contribution in [0.1, 0.15) is 30.0 Å². The maximum Gasteiger partial charge on any atom is 0.424 e. The van der Waals surface area contributed by atoms with E-state index in [-0.39, 0.29) is 22.5 Å². The van der Waals surface area contributed by atoms with Crippen LogP contribution in [-0.2, 0) is 6.54 Å². The van der Waals surface area contributed by atoms with Gasteiger partial charge in [0.1, 0.15) is 5.52 Å². The van der Waals surface area contributed by atoms with Crippen LogP contribution >= 0.6 is 0 Å². The molecule has 1 fully saturated rings. The van der Waals surface area contributed by atoms with Crippen molar-refractivity contribution < 1.29 is 13.4 Å². The molecule has 3 bridgehead atoms. The molecular formula is C23H21N5O6. The number of benzene rings is 1. The third-order valence-electron chi connectivity index (χ3n) is 6.62. The van der Waals surface area contributed by atoms with Crippen molar-refractivity contribution in [3.63, 3.8) is 0 Å². The normalized spacial score (nSPS) is 15.7. The molecule has 0 aliphatic carbocycles. The molecule has 0 unspecified atom stereocenters. The number of hydrogen-bond acceptors (Lipinski definition) is 9. The smallest absolute Gasteiger partial charge is 0.399 e. The van der Waals surface area contributed by atoms with E-state index in [1.54, 1.807) is 6.92 Å². The zero-order chi connectivity index (χ0) is 23.4. The van der Waals surface area contributed by atoms with E-state index in [0.29, 0.717) is 24.6 Å². The summed E-state index contributed by atoms with van der Waals surface area (Å²) in [5.74, 6) is 0.312. The molecule has 0 spiro atoms. The summed E-state index contributed by atoms with van der Waals surface area (Å²) in [5, 5.41) is 9.46.